The third-order valence-electron chi connectivity index (χ3n) is 2.35. The zero-order chi connectivity index (χ0) is 14.3. The first-order valence-corrected chi connectivity index (χ1v) is 5.68. The first-order valence-electron chi connectivity index (χ1n) is 5.68. The molecule has 0 fully saturated rings. The maximum atomic E-state index is 12.2. The molecule has 2 N–H and O–H groups in total. The number of alkyl halides is 3. The van der Waals surface area contributed by atoms with Crippen molar-refractivity contribution in [3.05, 3.63) is 29.8 Å². The predicted octanol–water partition coefficient (Wildman–Crippen LogP) is 2.54. The van der Waals surface area contributed by atoms with Crippen LogP contribution in [0.5, 0.6) is 5.75 Å². The minimum Gasteiger partial charge on any atom is -0.406 e. The van der Waals surface area contributed by atoms with Gasteiger partial charge in [-0.3, -0.25) is 4.99 Å². The molecular weight excluding hydrogens is 386 g/mol. The molecule has 1 rings (SSSR count). The SMILES string of the molecule is CN=C(NC)NCCc1ccccc1OC(F)(F)F.I. The molecule has 0 unspecified atom stereocenters. The van der Waals surface area contributed by atoms with E-state index in [1.807, 2.05) is 0 Å². The number of ether oxygens (including phenoxy) is 1. The number of nitrogens with zero attached hydrogens (tertiary/aromatic N) is 1. The van der Waals surface area contributed by atoms with Gasteiger partial charge in [-0.05, 0) is 18.1 Å². The van der Waals surface area contributed by atoms with Gasteiger partial charge in [-0.25, -0.2) is 0 Å². The van der Waals surface area contributed by atoms with Gasteiger partial charge in [0.1, 0.15) is 5.75 Å². The molecule has 0 aliphatic heterocycles. The summed E-state index contributed by atoms with van der Waals surface area (Å²) in [6.45, 7) is 0.450. The fourth-order valence-electron chi connectivity index (χ4n) is 1.53. The van der Waals surface area contributed by atoms with Gasteiger partial charge in [-0.15, -0.1) is 37.1 Å². The van der Waals surface area contributed by atoms with Gasteiger partial charge in [0.05, 0.1) is 0 Å². The van der Waals surface area contributed by atoms with Gasteiger partial charge in [-0.2, -0.15) is 0 Å². The van der Waals surface area contributed by atoms with Crippen LogP contribution in [0.4, 0.5) is 13.2 Å². The van der Waals surface area contributed by atoms with Crippen molar-refractivity contribution in [3.63, 3.8) is 0 Å². The zero-order valence-electron chi connectivity index (χ0n) is 11.1. The van der Waals surface area contributed by atoms with E-state index in [2.05, 4.69) is 20.4 Å². The van der Waals surface area contributed by atoms with Gasteiger partial charge in [0.2, 0.25) is 0 Å². The number of aliphatic imine (C=N–C) groups is 1. The van der Waals surface area contributed by atoms with E-state index in [9.17, 15) is 13.2 Å². The molecule has 0 bridgehead atoms. The monoisotopic (exact) mass is 403 g/mol. The number of para-hydroxylation sites is 1. The molecule has 20 heavy (non-hydrogen) atoms. The second kappa shape index (κ2) is 8.88. The molecule has 0 aliphatic carbocycles. The van der Waals surface area contributed by atoms with E-state index >= 15 is 0 Å². The van der Waals surface area contributed by atoms with Crippen LogP contribution in [-0.2, 0) is 6.42 Å². The average molecular weight is 403 g/mol. The van der Waals surface area contributed by atoms with E-state index in [4.69, 9.17) is 0 Å². The summed E-state index contributed by atoms with van der Waals surface area (Å²) in [4.78, 5) is 3.90. The van der Waals surface area contributed by atoms with Crippen LogP contribution in [-0.4, -0.2) is 33.0 Å². The largest absolute Gasteiger partial charge is 0.573 e. The van der Waals surface area contributed by atoms with Crippen molar-refractivity contribution in [1.29, 1.82) is 0 Å². The summed E-state index contributed by atoms with van der Waals surface area (Å²) in [5.74, 6) is 0.408. The van der Waals surface area contributed by atoms with E-state index in [1.54, 1.807) is 26.2 Å². The first kappa shape index (κ1) is 18.8. The Morgan fingerprint density at radius 1 is 1.30 bits per heavy atom. The van der Waals surface area contributed by atoms with E-state index < -0.39 is 6.36 Å². The molecule has 0 spiro atoms. The smallest absolute Gasteiger partial charge is 0.406 e. The van der Waals surface area contributed by atoms with Crippen molar-refractivity contribution in [3.8, 4) is 5.75 Å². The Labute approximate surface area is 132 Å². The molecule has 1 aromatic carbocycles. The fourth-order valence-corrected chi connectivity index (χ4v) is 1.53. The Bertz CT molecular complexity index is 438. The number of benzene rings is 1. The lowest BCUT2D eigenvalue weighted by atomic mass is 10.1. The highest BCUT2D eigenvalue weighted by Gasteiger charge is 2.31. The van der Waals surface area contributed by atoms with E-state index in [0.717, 1.165) is 0 Å². The van der Waals surface area contributed by atoms with E-state index in [-0.39, 0.29) is 29.7 Å². The quantitative estimate of drug-likeness (QED) is 0.462. The van der Waals surface area contributed by atoms with Crippen molar-refractivity contribution in [2.45, 2.75) is 12.8 Å². The average Bonchev–Trinajstić information content (AvgIpc) is 2.35. The third-order valence-corrected chi connectivity index (χ3v) is 2.35. The second-order valence-electron chi connectivity index (χ2n) is 3.65. The van der Waals surface area contributed by atoms with Crippen molar-refractivity contribution in [2.75, 3.05) is 20.6 Å². The van der Waals surface area contributed by atoms with Crippen LogP contribution < -0.4 is 15.4 Å². The maximum Gasteiger partial charge on any atom is 0.573 e. The third kappa shape index (κ3) is 6.83. The van der Waals surface area contributed by atoms with E-state index in [0.29, 0.717) is 24.5 Å². The Morgan fingerprint density at radius 3 is 2.50 bits per heavy atom. The number of rotatable bonds is 4. The second-order valence-corrected chi connectivity index (χ2v) is 3.65. The highest BCUT2D eigenvalue weighted by molar-refractivity contribution is 14.0. The maximum absolute atomic E-state index is 12.2. The van der Waals surface area contributed by atoms with Crippen molar-refractivity contribution >= 4 is 29.9 Å². The van der Waals surface area contributed by atoms with Gasteiger partial charge < -0.3 is 15.4 Å². The number of hydrogen-bond acceptors (Lipinski definition) is 2. The molecule has 0 saturated heterocycles. The molecular formula is C12H17F3IN3O. The van der Waals surface area contributed by atoms with Crippen LogP contribution in [0.1, 0.15) is 5.56 Å². The summed E-state index contributed by atoms with van der Waals surface area (Å²) in [5, 5.41) is 5.78. The summed E-state index contributed by atoms with van der Waals surface area (Å²) in [7, 11) is 3.32. The normalized spacial score (nSPS) is 11.6. The molecule has 0 amide bonds. The number of hydrogen-bond donors (Lipinski definition) is 2. The predicted molar refractivity (Wildman–Crippen MR) is 82.7 cm³/mol. The van der Waals surface area contributed by atoms with Crippen LogP contribution in [0, 0.1) is 0 Å². The zero-order valence-corrected chi connectivity index (χ0v) is 13.5. The lowest BCUT2D eigenvalue weighted by Crippen LogP contribution is -2.35. The van der Waals surface area contributed by atoms with Gasteiger partial charge in [0.15, 0.2) is 5.96 Å². The van der Waals surface area contributed by atoms with E-state index in [1.165, 1.54) is 12.1 Å². The summed E-state index contributed by atoms with van der Waals surface area (Å²) in [5.41, 5.74) is 0.485. The molecule has 0 atom stereocenters. The van der Waals surface area contributed by atoms with Crippen molar-refractivity contribution in [2.24, 2.45) is 4.99 Å². The van der Waals surface area contributed by atoms with Crippen molar-refractivity contribution in [1.82, 2.24) is 10.6 Å². The highest BCUT2D eigenvalue weighted by Crippen LogP contribution is 2.26. The Kier molecular flexibility index (Phi) is 8.35. The van der Waals surface area contributed by atoms with Gasteiger partial charge in [-0.1, -0.05) is 18.2 Å². The Morgan fingerprint density at radius 2 is 1.95 bits per heavy atom. The Balaban J connectivity index is 0.00000361. The number of halogens is 4. The minimum absolute atomic E-state index is 0. The molecule has 0 aromatic heterocycles. The lowest BCUT2D eigenvalue weighted by molar-refractivity contribution is -0.274. The summed E-state index contributed by atoms with van der Waals surface area (Å²) < 4.78 is 40.6. The van der Waals surface area contributed by atoms with Crippen LogP contribution in [0.3, 0.4) is 0 Å². The summed E-state index contributed by atoms with van der Waals surface area (Å²) >= 11 is 0. The molecule has 0 saturated carbocycles. The van der Waals surface area contributed by atoms with Gasteiger partial charge >= 0.3 is 6.36 Å². The van der Waals surface area contributed by atoms with Crippen LogP contribution >= 0.6 is 24.0 Å². The first-order chi connectivity index (χ1) is 8.96. The van der Waals surface area contributed by atoms with Crippen LogP contribution in [0.2, 0.25) is 0 Å². The fraction of sp³-hybridized carbons (Fsp3) is 0.417. The number of guanidine groups is 1. The van der Waals surface area contributed by atoms with Crippen molar-refractivity contribution < 1.29 is 17.9 Å². The summed E-state index contributed by atoms with van der Waals surface area (Å²) in [6.07, 6.45) is -4.28. The van der Waals surface area contributed by atoms with Gasteiger partial charge in [0.25, 0.3) is 0 Å². The lowest BCUT2D eigenvalue weighted by Gasteiger charge is -2.14. The molecule has 0 radical (unpaired) electrons. The van der Waals surface area contributed by atoms with Gasteiger partial charge in [0, 0.05) is 20.6 Å². The standard InChI is InChI=1S/C12H16F3N3O.HI/c1-16-11(17-2)18-8-7-9-5-3-4-6-10(9)19-12(13,14)15;/h3-6H,7-8H2,1-2H3,(H2,16,17,18);1H. The molecule has 4 nitrogen and oxygen atoms in total. The number of nitrogens with one attached hydrogen (secondary N) is 2. The summed E-state index contributed by atoms with van der Waals surface area (Å²) in [6, 6.07) is 6.08. The molecule has 8 heteroatoms. The molecule has 0 aliphatic rings. The van der Waals surface area contributed by atoms with Crippen LogP contribution in [0.15, 0.2) is 29.3 Å². The molecule has 114 valence electrons. The molecule has 1 aromatic rings. The molecule has 0 heterocycles. The Hall–Kier alpha value is -1.19. The van der Waals surface area contributed by atoms with Crippen LogP contribution in [0.25, 0.3) is 0 Å². The topological polar surface area (TPSA) is 45.7 Å². The minimum atomic E-state index is -4.68. The highest BCUT2D eigenvalue weighted by atomic mass is 127.